The Labute approximate surface area is 222 Å². The Bertz CT molecular complexity index is 1500. The average Bonchev–Trinajstić information content (AvgIpc) is 3.64. The number of aromatic nitrogens is 4. The van der Waals surface area contributed by atoms with Gasteiger partial charge in [-0.25, -0.2) is 4.39 Å². The zero-order valence-corrected chi connectivity index (χ0v) is 21.3. The van der Waals surface area contributed by atoms with Crippen LogP contribution in [-0.2, 0) is 18.4 Å². The number of nitrogens with one attached hydrogen (secondary N) is 2. The lowest BCUT2D eigenvalue weighted by Crippen LogP contribution is -2.59. The SMILES string of the molecule is N#Cc1c(N2C[C@H]3CC[C@@H](C2)N3)nc(OCc2[nH]ncc2F)nc1N1CC2(CCc3sc(N)c(C#N)c32)C1. The molecule has 13 heteroatoms. The minimum atomic E-state index is -0.497. The van der Waals surface area contributed by atoms with E-state index in [4.69, 9.17) is 10.5 Å². The lowest BCUT2D eigenvalue weighted by molar-refractivity contribution is 0.269. The Morgan fingerprint density at radius 1 is 1.13 bits per heavy atom. The maximum absolute atomic E-state index is 13.9. The van der Waals surface area contributed by atoms with E-state index in [9.17, 15) is 14.9 Å². The predicted molar refractivity (Wildman–Crippen MR) is 137 cm³/mol. The van der Waals surface area contributed by atoms with Crippen LogP contribution < -0.4 is 25.6 Å². The second kappa shape index (κ2) is 8.55. The molecule has 11 nitrogen and oxygen atoms in total. The third-order valence-corrected chi connectivity index (χ3v) is 9.34. The van der Waals surface area contributed by atoms with Gasteiger partial charge in [0.25, 0.3) is 0 Å². The first-order valence-electron chi connectivity index (χ1n) is 12.7. The highest BCUT2D eigenvalue weighted by molar-refractivity contribution is 7.16. The van der Waals surface area contributed by atoms with Crippen LogP contribution >= 0.6 is 11.3 Å². The van der Waals surface area contributed by atoms with Gasteiger partial charge < -0.3 is 25.6 Å². The summed E-state index contributed by atoms with van der Waals surface area (Å²) in [4.78, 5) is 14.7. The first kappa shape index (κ1) is 23.2. The molecule has 1 spiro atoms. The molecule has 38 heavy (non-hydrogen) atoms. The molecule has 4 aliphatic rings. The van der Waals surface area contributed by atoms with Gasteiger partial charge in [-0.15, -0.1) is 11.3 Å². The van der Waals surface area contributed by atoms with Crippen molar-refractivity contribution in [2.45, 2.75) is 49.8 Å². The van der Waals surface area contributed by atoms with Crippen LogP contribution in [0.2, 0.25) is 0 Å². The highest BCUT2D eigenvalue weighted by Crippen LogP contribution is 2.53. The molecule has 194 valence electrons. The third kappa shape index (κ3) is 3.50. The van der Waals surface area contributed by atoms with Crippen LogP contribution in [0.5, 0.6) is 6.01 Å². The Balaban J connectivity index is 1.24. The third-order valence-electron chi connectivity index (χ3n) is 8.26. The number of anilines is 3. The number of thiophene rings is 1. The number of nitrogens with two attached hydrogens (primary N) is 1. The van der Waals surface area contributed by atoms with E-state index in [2.05, 4.69) is 47.4 Å². The molecule has 6 heterocycles. The Morgan fingerprint density at radius 3 is 2.50 bits per heavy atom. The minimum absolute atomic E-state index is 0.0828. The van der Waals surface area contributed by atoms with Crippen molar-refractivity contribution in [2.75, 3.05) is 41.7 Å². The summed E-state index contributed by atoms with van der Waals surface area (Å²) >= 11 is 1.51. The van der Waals surface area contributed by atoms with Crippen LogP contribution in [0.1, 0.15) is 46.5 Å². The molecule has 3 saturated heterocycles. The van der Waals surface area contributed by atoms with Gasteiger partial charge in [-0.05, 0) is 31.2 Å². The maximum atomic E-state index is 13.9. The molecule has 3 fully saturated rings. The molecule has 3 aromatic rings. The number of nitrogens with zero attached hydrogens (tertiary/aromatic N) is 7. The molecule has 0 unspecified atom stereocenters. The fraction of sp³-hybridized carbons (Fsp3) is 0.480. The Hall–Kier alpha value is -3.94. The highest BCUT2D eigenvalue weighted by Gasteiger charge is 2.52. The summed E-state index contributed by atoms with van der Waals surface area (Å²) in [5.41, 5.74) is 8.23. The molecule has 1 aliphatic carbocycles. The van der Waals surface area contributed by atoms with Crippen molar-refractivity contribution in [3.63, 3.8) is 0 Å². The summed E-state index contributed by atoms with van der Waals surface area (Å²) in [5, 5.41) is 30.5. The summed E-state index contributed by atoms with van der Waals surface area (Å²) in [6.07, 6.45) is 5.10. The molecule has 0 radical (unpaired) electrons. The number of hydrogen-bond donors (Lipinski definition) is 3. The van der Waals surface area contributed by atoms with Crippen LogP contribution in [0.3, 0.4) is 0 Å². The predicted octanol–water partition coefficient (Wildman–Crippen LogP) is 1.95. The molecule has 3 aromatic heterocycles. The highest BCUT2D eigenvalue weighted by atomic mass is 32.1. The minimum Gasteiger partial charge on any atom is -0.457 e. The van der Waals surface area contributed by atoms with Crippen LogP contribution in [0.25, 0.3) is 0 Å². The average molecular weight is 533 g/mol. The molecule has 0 amide bonds. The van der Waals surface area contributed by atoms with Crippen LogP contribution in [0, 0.1) is 28.5 Å². The number of H-pyrrole nitrogens is 1. The van der Waals surface area contributed by atoms with Crippen molar-refractivity contribution in [1.29, 1.82) is 10.5 Å². The van der Waals surface area contributed by atoms with Gasteiger partial charge in [0.2, 0.25) is 0 Å². The van der Waals surface area contributed by atoms with Gasteiger partial charge in [-0.3, -0.25) is 5.10 Å². The summed E-state index contributed by atoms with van der Waals surface area (Å²) in [7, 11) is 0. The molecule has 2 bridgehead atoms. The van der Waals surface area contributed by atoms with Gasteiger partial charge in [-0.2, -0.15) is 25.6 Å². The van der Waals surface area contributed by atoms with E-state index in [1.54, 1.807) is 0 Å². The molecular weight excluding hydrogens is 507 g/mol. The van der Waals surface area contributed by atoms with Crippen molar-refractivity contribution < 1.29 is 9.13 Å². The Kier molecular flexibility index (Phi) is 5.22. The number of nitrogen functional groups attached to an aromatic ring is 1. The fourth-order valence-electron chi connectivity index (χ4n) is 6.52. The largest absolute Gasteiger partial charge is 0.457 e. The van der Waals surface area contributed by atoms with Crippen molar-refractivity contribution in [3.05, 3.63) is 39.3 Å². The van der Waals surface area contributed by atoms with Crippen LogP contribution in [0.15, 0.2) is 6.20 Å². The molecular formula is C25H25FN10OS. The standard InChI is InChI=1S/C25H25FN10OS/c26-17-7-30-34-18(17)10-37-24-32-22(35-8-13-1-2-14(9-35)31-13)16(6-28)23(33-24)36-11-25(12-36)4-3-19-20(25)15(5-27)21(29)38-19/h7,13-14,31H,1-4,8-12,29H2,(H,30,34)/t13-,14+. The van der Waals surface area contributed by atoms with Crippen molar-refractivity contribution in [3.8, 4) is 18.1 Å². The lowest BCUT2D eigenvalue weighted by atomic mass is 9.74. The van der Waals surface area contributed by atoms with E-state index in [1.165, 1.54) is 16.2 Å². The number of fused-ring (bicyclic) bond motifs is 4. The normalized spacial score (nSPS) is 22.7. The van der Waals surface area contributed by atoms with Gasteiger partial charge in [0.15, 0.2) is 17.5 Å². The van der Waals surface area contributed by atoms with Crippen LogP contribution in [-0.4, -0.2) is 58.4 Å². The lowest BCUT2D eigenvalue weighted by Gasteiger charge is -2.49. The van der Waals surface area contributed by atoms with Crippen molar-refractivity contribution >= 4 is 28.0 Å². The number of piperazine rings is 1. The maximum Gasteiger partial charge on any atom is 0.320 e. The number of nitriles is 2. The van der Waals surface area contributed by atoms with Gasteiger partial charge >= 0.3 is 6.01 Å². The van der Waals surface area contributed by atoms with E-state index in [0.717, 1.165) is 50.5 Å². The molecule has 7 rings (SSSR count). The zero-order valence-electron chi connectivity index (χ0n) is 20.5. The topological polar surface area (TPSA) is 156 Å². The van der Waals surface area contributed by atoms with E-state index in [1.807, 2.05) is 0 Å². The molecule has 0 saturated carbocycles. The van der Waals surface area contributed by atoms with E-state index < -0.39 is 5.82 Å². The zero-order chi connectivity index (χ0) is 26.0. The molecule has 0 aromatic carbocycles. The van der Waals surface area contributed by atoms with Crippen molar-refractivity contribution in [2.24, 2.45) is 0 Å². The first-order valence-corrected chi connectivity index (χ1v) is 13.5. The smallest absolute Gasteiger partial charge is 0.320 e. The number of ether oxygens (including phenoxy) is 1. The summed E-state index contributed by atoms with van der Waals surface area (Å²) in [6.45, 7) is 2.61. The molecule has 4 N–H and O–H groups in total. The van der Waals surface area contributed by atoms with Gasteiger partial charge in [0, 0.05) is 48.6 Å². The number of halogens is 1. The summed E-state index contributed by atoms with van der Waals surface area (Å²) in [6, 6.07) is 5.44. The van der Waals surface area contributed by atoms with Gasteiger partial charge in [-0.1, -0.05) is 0 Å². The second-order valence-corrected chi connectivity index (χ2v) is 11.7. The molecule has 3 aliphatic heterocycles. The summed E-state index contributed by atoms with van der Waals surface area (Å²) in [5.74, 6) is 0.550. The second-order valence-electron chi connectivity index (χ2n) is 10.6. The first-order chi connectivity index (χ1) is 18.5. The number of rotatable bonds is 5. The van der Waals surface area contributed by atoms with Gasteiger partial charge in [0.05, 0.1) is 11.8 Å². The van der Waals surface area contributed by atoms with E-state index in [0.29, 0.717) is 52.9 Å². The monoisotopic (exact) mass is 532 g/mol. The number of aromatic amines is 1. The molecule has 2 atom stereocenters. The summed E-state index contributed by atoms with van der Waals surface area (Å²) < 4.78 is 19.8. The quantitative estimate of drug-likeness (QED) is 0.444. The van der Waals surface area contributed by atoms with E-state index >= 15 is 0 Å². The Morgan fingerprint density at radius 2 is 1.84 bits per heavy atom. The fourth-order valence-corrected chi connectivity index (χ4v) is 7.66. The van der Waals surface area contributed by atoms with Crippen LogP contribution in [0.4, 0.5) is 21.0 Å². The van der Waals surface area contributed by atoms with Crippen molar-refractivity contribution in [1.82, 2.24) is 25.5 Å². The number of hydrogen-bond acceptors (Lipinski definition) is 11. The van der Waals surface area contributed by atoms with Gasteiger partial charge in [0.1, 0.15) is 35.0 Å². The number of aryl methyl sites for hydroxylation is 1. The van der Waals surface area contributed by atoms with E-state index in [-0.39, 0.29) is 23.7 Å².